The van der Waals surface area contributed by atoms with Crippen LogP contribution in [0, 0.1) is 5.92 Å². The monoisotopic (exact) mass is 445 g/mol. The molecule has 2 aliphatic rings. The van der Waals surface area contributed by atoms with Crippen molar-refractivity contribution in [1.82, 2.24) is 19.7 Å². The molecule has 0 spiro atoms. The van der Waals surface area contributed by atoms with E-state index in [9.17, 15) is 8.42 Å². The molecule has 1 aliphatic carbocycles. The molecule has 31 heavy (non-hydrogen) atoms. The van der Waals surface area contributed by atoms with Crippen LogP contribution in [0.1, 0.15) is 43.6 Å². The van der Waals surface area contributed by atoms with Gasteiger partial charge in [-0.25, -0.2) is 28.1 Å². The van der Waals surface area contributed by atoms with Crippen LogP contribution in [0.3, 0.4) is 0 Å². The fourth-order valence-corrected chi connectivity index (χ4v) is 5.58. The van der Waals surface area contributed by atoms with E-state index >= 15 is 0 Å². The molecule has 2 aromatic rings. The molecule has 8 nitrogen and oxygen atoms in total. The van der Waals surface area contributed by atoms with E-state index < -0.39 is 10.0 Å². The van der Waals surface area contributed by atoms with Gasteiger partial charge < -0.3 is 9.64 Å². The highest BCUT2D eigenvalue weighted by Crippen LogP contribution is 2.34. The van der Waals surface area contributed by atoms with Crippen molar-refractivity contribution in [1.29, 1.82) is 0 Å². The standard InChI is InChI=1S/C22H31N5O3S/c1-31(28,29)26-21-9-11-27(22-4-2-3-10-25-22)14-19(21)15-30-20-7-5-17(6-8-20)18-12-23-16-24-13-18/h2-4,10,12-13,16-17,19-21,26H,5-9,11,14-15H2,1H3/t17?,19?,20?,21-/m0/s1. The molecule has 2 fully saturated rings. The topological polar surface area (TPSA) is 97.3 Å². The number of pyridine rings is 1. The van der Waals surface area contributed by atoms with Crippen molar-refractivity contribution < 1.29 is 13.2 Å². The lowest BCUT2D eigenvalue weighted by atomic mass is 9.83. The third-order valence-corrected chi connectivity index (χ3v) is 7.08. The molecule has 1 saturated heterocycles. The van der Waals surface area contributed by atoms with Crippen molar-refractivity contribution in [2.75, 3.05) is 30.9 Å². The second-order valence-corrected chi connectivity index (χ2v) is 10.4. The molecule has 168 valence electrons. The zero-order valence-electron chi connectivity index (χ0n) is 17.9. The van der Waals surface area contributed by atoms with E-state index in [1.165, 1.54) is 11.8 Å². The Morgan fingerprint density at radius 2 is 1.90 bits per heavy atom. The maximum Gasteiger partial charge on any atom is 0.208 e. The highest BCUT2D eigenvalue weighted by atomic mass is 32.2. The minimum Gasteiger partial charge on any atom is -0.378 e. The summed E-state index contributed by atoms with van der Waals surface area (Å²) < 4.78 is 32.9. The number of nitrogens with zero attached hydrogens (tertiary/aromatic N) is 4. The largest absolute Gasteiger partial charge is 0.378 e. The highest BCUT2D eigenvalue weighted by Gasteiger charge is 2.33. The molecule has 4 rings (SSSR count). The minimum absolute atomic E-state index is 0.0747. The van der Waals surface area contributed by atoms with Gasteiger partial charge in [-0.05, 0) is 55.7 Å². The molecule has 1 unspecified atom stereocenters. The van der Waals surface area contributed by atoms with Gasteiger partial charge in [0, 0.05) is 43.6 Å². The van der Waals surface area contributed by atoms with E-state index in [4.69, 9.17) is 4.74 Å². The van der Waals surface area contributed by atoms with Gasteiger partial charge in [0.2, 0.25) is 10.0 Å². The lowest BCUT2D eigenvalue weighted by Crippen LogP contribution is -2.52. The van der Waals surface area contributed by atoms with Crippen molar-refractivity contribution in [3.8, 4) is 0 Å². The van der Waals surface area contributed by atoms with Gasteiger partial charge in [-0.3, -0.25) is 0 Å². The summed E-state index contributed by atoms with van der Waals surface area (Å²) in [6, 6.07) is 5.76. The van der Waals surface area contributed by atoms with Crippen molar-refractivity contribution >= 4 is 15.8 Å². The van der Waals surface area contributed by atoms with Crippen LogP contribution in [0.5, 0.6) is 0 Å². The zero-order valence-corrected chi connectivity index (χ0v) is 18.7. The van der Waals surface area contributed by atoms with Gasteiger partial charge in [0.1, 0.15) is 12.1 Å². The van der Waals surface area contributed by atoms with Gasteiger partial charge in [-0.2, -0.15) is 0 Å². The molecule has 0 amide bonds. The maximum absolute atomic E-state index is 11.9. The van der Waals surface area contributed by atoms with Crippen LogP contribution in [0.15, 0.2) is 43.1 Å². The van der Waals surface area contributed by atoms with Crippen molar-refractivity contribution in [3.63, 3.8) is 0 Å². The average Bonchev–Trinajstić information content (AvgIpc) is 2.79. The molecule has 1 aliphatic heterocycles. The summed E-state index contributed by atoms with van der Waals surface area (Å²) in [7, 11) is -3.27. The Kier molecular flexibility index (Phi) is 7.14. The molecule has 0 bridgehead atoms. The van der Waals surface area contributed by atoms with Gasteiger partial charge in [-0.1, -0.05) is 6.07 Å². The first-order chi connectivity index (χ1) is 15.0. The van der Waals surface area contributed by atoms with E-state index in [-0.39, 0.29) is 18.1 Å². The smallest absolute Gasteiger partial charge is 0.208 e. The van der Waals surface area contributed by atoms with Crippen molar-refractivity contribution in [2.24, 2.45) is 5.92 Å². The Morgan fingerprint density at radius 1 is 1.13 bits per heavy atom. The average molecular weight is 446 g/mol. The van der Waals surface area contributed by atoms with E-state index in [1.807, 2.05) is 30.6 Å². The number of anilines is 1. The molecule has 0 radical (unpaired) electrons. The minimum atomic E-state index is -3.27. The van der Waals surface area contributed by atoms with E-state index in [1.54, 1.807) is 12.5 Å². The summed E-state index contributed by atoms with van der Waals surface area (Å²) in [6.07, 6.45) is 13.5. The second-order valence-electron chi connectivity index (χ2n) is 8.66. The Balaban J connectivity index is 1.34. The molecular formula is C22H31N5O3S. The predicted octanol–water partition coefficient (Wildman–Crippen LogP) is 2.36. The number of rotatable bonds is 7. The second kappa shape index (κ2) is 10.0. The van der Waals surface area contributed by atoms with Crippen LogP contribution < -0.4 is 9.62 Å². The lowest BCUT2D eigenvalue weighted by Gasteiger charge is -2.40. The number of aromatic nitrogens is 3. The van der Waals surface area contributed by atoms with Crippen molar-refractivity contribution in [2.45, 2.75) is 50.2 Å². The predicted molar refractivity (Wildman–Crippen MR) is 119 cm³/mol. The summed E-state index contributed by atoms with van der Waals surface area (Å²) in [5, 5.41) is 0. The summed E-state index contributed by atoms with van der Waals surface area (Å²) in [5.41, 5.74) is 1.21. The summed E-state index contributed by atoms with van der Waals surface area (Å²) in [6.45, 7) is 2.03. The summed E-state index contributed by atoms with van der Waals surface area (Å²) in [5.74, 6) is 1.50. The number of hydrogen-bond acceptors (Lipinski definition) is 7. The van der Waals surface area contributed by atoms with E-state index in [0.717, 1.165) is 51.0 Å². The van der Waals surface area contributed by atoms with Crippen LogP contribution in [0.4, 0.5) is 5.82 Å². The number of sulfonamides is 1. The van der Waals surface area contributed by atoms with Gasteiger partial charge in [0.25, 0.3) is 0 Å². The molecule has 3 heterocycles. The zero-order chi connectivity index (χ0) is 21.7. The van der Waals surface area contributed by atoms with Crippen molar-refractivity contribution in [3.05, 3.63) is 48.7 Å². The molecule has 2 atom stereocenters. The SMILES string of the molecule is CS(=O)(=O)N[C@H]1CCN(c2ccccn2)CC1COC1CCC(c2cncnc2)CC1. The number of piperidine rings is 1. The molecule has 2 aromatic heterocycles. The molecule has 1 saturated carbocycles. The van der Waals surface area contributed by atoms with Crippen LogP contribution in [0.25, 0.3) is 0 Å². The normalized spacial score (nSPS) is 27.2. The van der Waals surface area contributed by atoms with Crippen LogP contribution in [-0.4, -0.2) is 61.5 Å². The number of hydrogen-bond donors (Lipinski definition) is 1. The number of ether oxygens (including phenoxy) is 1. The number of nitrogens with one attached hydrogen (secondary N) is 1. The van der Waals surface area contributed by atoms with Gasteiger partial charge in [0.15, 0.2) is 0 Å². The molecule has 1 N–H and O–H groups in total. The Labute approximate surface area is 184 Å². The fraction of sp³-hybridized carbons (Fsp3) is 0.591. The first-order valence-corrected chi connectivity index (χ1v) is 12.9. The van der Waals surface area contributed by atoms with Gasteiger partial charge in [0.05, 0.1) is 19.0 Å². The fourth-order valence-electron chi connectivity index (χ4n) is 4.72. The van der Waals surface area contributed by atoms with Crippen LogP contribution in [-0.2, 0) is 14.8 Å². The third-order valence-electron chi connectivity index (χ3n) is 6.34. The lowest BCUT2D eigenvalue weighted by molar-refractivity contribution is -0.00216. The Hall–Kier alpha value is -2.10. The maximum atomic E-state index is 11.9. The van der Waals surface area contributed by atoms with Gasteiger partial charge in [-0.15, -0.1) is 0 Å². The van der Waals surface area contributed by atoms with E-state index in [2.05, 4.69) is 24.6 Å². The Morgan fingerprint density at radius 3 is 2.58 bits per heavy atom. The quantitative estimate of drug-likeness (QED) is 0.699. The summed E-state index contributed by atoms with van der Waals surface area (Å²) in [4.78, 5) is 15.0. The molecule has 9 heteroatoms. The van der Waals surface area contributed by atoms with Crippen LogP contribution in [0.2, 0.25) is 0 Å². The van der Waals surface area contributed by atoms with E-state index in [0.29, 0.717) is 12.5 Å². The molecular weight excluding hydrogens is 414 g/mol. The Bertz CT molecular complexity index is 921. The molecule has 0 aromatic carbocycles. The highest BCUT2D eigenvalue weighted by molar-refractivity contribution is 7.88. The first kappa shape index (κ1) is 22.1. The first-order valence-electron chi connectivity index (χ1n) is 11.0. The third kappa shape index (κ3) is 6.21. The van der Waals surface area contributed by atoms with Crippen LogP contribution >= 0.6 is 0 Å². The van der Waals surface area contributed by atoms with Gasteiger partial charge >= 0.3 is 0 Å². The summed E-state index contributed by atoms with van der Waals surface area (Å²) >= 11 is 0.